The van der Waals surface area contributed by atoms with Crippen molar-refractivity contribution in [2.75, 3.05) is 10.6 Å². The van der Waals surface area contributed by atoms with Crippen LogP contribution in [0.25, 0.3) is 0 Å². The van der Waals surface area contributed by atoms with Crippen molar-refractivity contribution in [3.63, 3.8) is 0 Å². The fourth-order valence-corrected chi connectivity index (χ4v) is 2.36. The molecule has 1 amide bonds. The lowest BCUT2D eigenvalue weighted by molar-refractivity contribution is 0.102. The van der Waals surface area contributed by atoms with Crippen LogP contribution in [0.1, 0.15) is 16.1 Å². The van der Waals surface area contributed by atoms with E-state index >= 15 is 0 Å². The third-order valence-corrected chi connectivity index (χ3v) is 4.10. The maximum Gasteiger partial charge on any atom is 0.276 e. The lowest BCUT2D eigenvalue weighted by Gasteiger charge is -2.07. The van der Waals surface area contributed by atoms with E-state index in [0.717, 1.165) is 5.69 Å². The lowest BCUT2D eigenvalue weighted by atomic mass is 10.2. The number of anilines is 3. The smallest absolute Gasteiger partial charge is 0.276 e. The Morgan fingerprint density at radius 2 is 1.65 bits per heavy atom. The normalized spacial score (nSPS) is 10.0. The number of rotatable bonds is 4. The van der Waals surface area contributed by atoms with Crippen molar-refractivity contribution in [1.29, 1.82) is 5.26 Å². The average Bonchev–Trinajstić information content (AvgIpc) is 2.66. The minimum atomic E-state index is -0.416. The number of hydrogen-bond donors (Lipinski definition) is 2. The summed E-state index contributed by atoms with van der Waals surface area (Å²) in [7, 11) is 0. The first-order chi connectivity index (χ1) is 12.5. The van der Waals surface area contributed by atoms with E-state index in [0.29, 0.717) is 27.1 Å². The average molecular weight is 384 g/mol. The summed E-state index contributed by atoms with van der Waals surface area (Å²) in [6, 6.07) is 16.9. The zero-order valence-corrected chi connectivity index (χ0v) is 14.7. The number of carbonyl (C=O) groups excluding carboxylic acids is 1. The van der Waals surface area contributed by atoms with Crippen LogP contribution in [0.15, 0.2) is 54.6 Å². The second-order valence-electron chi connectivity index (χ2n) is 5.20. The molecule has 8 heteroatoms. The van der Waals surface area contributed by atoms with Gasteiger partial charge in [0.05, 0.1) is 21.7 Å². The van der Waals surface area contributed by atoms with Crippen LogP contribution in [-0.4, -0.2) is 16.1 Å². The number of carbonyl (C=O) groups is 1. The van der Waals surface area contributed by atoms with Gasteiger partial charge in [0.2, 0.25) is 0 Å². The highest BCUT2D eigenvalue weighted by Gasteiger charge is 2.10. The van der Waals surface area contributed by atoms with Gasteiger partial charge in [-0.3, -0.25) is 4.79 Å². The molecular formula is C18H11Cl2N5O. The zero-order valence-electron chi connectivity index (χ0n) is 13.2. The highest BCUT2D eigenvalue weighted by atomic mass is 35.5. The van der Waals surface area contributed by atoms with E-state index in [1.807, 2.05) is 6.07 Å². The molecule has 0 atom stereocenters. The maximum atomic E-state index is 12.2. The van der Waals surface area contributed by atoms with E-state index in [9.17, 15) is 4.79 Å². The number of halogens is 2. The van der Waals surface area contributed by atoms with Crippen LogP contribution >= 0.6 is 23.2 Å². The quantitative estimate of drug-likeness (QED) is 0.683. The van der Waals surface area contributed by atoms with Gasteiger partial charge >= 0.3 is 0 Å². The van der Waals surface area contributed by atoms with E-state index < -0.39 is 5.91 Å². The molecule has 1 aromatic heterocycles. The number of nitrogens with zero attached hydrogens (tertiary/aromatic N) is 3. The van der Waals surface area contributed by atoms with Crippen molar-refractivity contribution in [2.24, 2.45) is 0 Å². The van der Waals surface area contributed by atoms with Gasteiger partial charge in [-0.15, -0.1) is 10.2 Å². The fraction of sp³-hybridized carbons (Fsp3) is 0. The van der Waals surface area contributed by atoms with Gasteiger partial charge in [0, 0.05) is 11.4 Å². The Hall–Kier alpha value is -3.14. The molecule has 6 nitrogen and oxygen atoms in total. The molecular weight excluding hydrogens is 373 g/mol. The van der Waals surface area contributed by atoms with Crippen LogP contribution in [0, 0.1) is 11.3 Å². The van der Waals surface area contributed by atoms with Crippen LogP contribution in [0.5, 0.6) is 0 Å². The molecule has 0 aliphatic rings. The van der Waals surface area contributed by atoms with Gasteiger partial charge in [-0.2, -0.15) is 5.26 Å². The summed E-state index contributed by atoms with van der Waals surface area (Å²) in [5.41, 5.74) is 1.98. The van der Waals surface area contributed by atoms with E-state index in [-0.39, 0.29) is 5.69 Å². The monoisotopic (exact) mass is 383 g/mol. The van der Waals surface area contributed by atoms with Crippen molar-refractivity contribution in [2.45, 2.75) is 0 Å². The molecule has 0 fully saturated rings. The summed E-state index contributed by atoms with van der Waals surface area (Å²) in [5, 5.41) is 23.1. The third kappa shape index (κ3) is 4.28. The molecule has 1 heterocycles. The van der Waals surface area contributed by atoms with Crippen molar-refractivity contribution >= 4 is 46.3 Å². The van der Waals surface area contributed by atoms with E-state index in [1.165, 1.54) is 0 Å². The molecule has 0 unspecified atom stereocenters. The standard InChI is InChI=1S/C18H11Cl2N5O/c19-14-6-5-13(9-15(14)20)23-18(26)16-7-8-17(25-24-16)22-12-3-1-11(10-21)2-4-12/h1-9H,(H,22,25)(H,23,26). The summed E-state index contributed by atoms with van der Waals surface area (Å²) in [5.74, 6) is 0.0570. The van der Waals surface area contributed by atoms with Crippen molar-refractivity contribution in [3.8, 4) is 6.07 Å². The molecule has 2 aromatic carbocycles. The molecule has 0 aliphatic carbocycles. The number of benzene rings is 2. The molecule has 2 N–H and O–H groups in total. The third-order valence-electron chi connectivity index (χ3n) is 3.36. The fourth-order valence-electron chi connectivity index (χ4n) is 2.07. The van der Waals surface area contributed by atoms with Crippen LogP contribution in [0.2, 0.25) is 10.0 Å². The molecule has 0 saturated heterocycles. The second kappa shape index (κ2) is 7.83. The SMILES string of the molecule is N#Cc1ccc(Nc2ccc(C(=O)Nc3ccc(Cl)c(Cl)c3)nn2)cc1. The van der Waals surface area contributed by atoms with Gasteiger partial charge in [-0.1, -0.05) is 23.2 Å². The predicted molar refractivity (Wildman–Crippen MR) is 101 cm³/mol. The molecule has 0 saturated carbocycles. The summed E-state index contributed by atoms with van der Waals surface area (Å²) in [4.78, 5) is 12.2. The summed E-state index contributed by atoms with van der Waals surface area (Å²) < 4.78 is 0. The van der Waals surface area contributed by atoms with Crippen molar-refractivity contribution < 1.29 is 4.79 Å². The van der Waals surface area contributed by atoms with Gasteiger partial charge < -0.3 is 10.6 Å². The van der Waals surface area contributed by atoms with Crippen LogP contribution in [-0.2, 0) is 0 Å². The Labute approximate surface area is 159 Å². The van der Waals surface area contributed by atoms with Crippen LogP contribution in [0.4, 0.5) is 17.2 Å². The number of nitrogens with one attached hydrogen (secondary N) is 2. The van der Waals surface area contributed by atoms with E-state index in [2.05, 4.69) is 20.8 Å². The first-order valence-corrected chi connectivity index (χ1v) is 8.18. The highest BCUT2D eigenvalue weighted by Crippen LogP contribution is 2.25. The van der Waals surface area contributed by atoms with Gasteiger partial charge in [-0.25, -0.2) is 0 Å². The second-order valence-corrected chi connectivity index (χ2v) is 6.02. The van der Waals surface area contributed by atoms with Gasteiger partial charge in [0.25, 0.3) is 5.91 Å². The summed E-state index contributed by atoms with van der Waals surface area (Å²) in [6.07, 6.45) is 0. The molecule has 3 aromatic rings. The first-order valence-electron chi connectivity index (χ1n) is 7.42. The van der Waals surface area contributed by atoms with Crippen molar-refractivity contribution in [3.05, 3.63) is 75.9 Å². The molecule has 128 valence electrons. The van der Waals surface area contributed by atoms with E-state index in [4.69, 9.17) is 28.5 Å². The van der Waals surface area contributed by atoms with Gasteiger partial charge in [-0.05, 0) is 54.6 Å². The summed E-state index contributed by atoms with van der Waals surface area (Å²) in [6.45, 7) is 0. The molecule has 0 bridgehead atoms. The molecule has 3 rings (SSSR count). The Morgan fingerprint density at radius 3 is 2.27 bits per heavy atom. The summed E-state index contributed by atoms with van der Waals surface area (Å²) >= 11 is 11.8. The van der Waals surface area contributed by atoms with Gasteiger partial charge in [0.15, 0.2) is 11.5 Å². The van der Waals surface area contributed by atoms with Gasteiger partial charge in [0.1, 0.15) is 0 Å². The number of nitriles is 1. The predicted octanol–water partition coefficient (Wildman–Crippen LogP) is 4.65. The zero-order chi connectivity index (χ0) is 18.5. The Bertz CT molecular complexity index is 982. The number of aromatic nitrogens is 2. The maximum absolute atomic E-state index is 12.2. The largest absolute Gasteiger partial charge is 0.339 e. The minimum absolute atomic E-state index is 0.154. The number of hydrogen-bond acceptors (Lipinski definition) is 5. The van der Waals surface area contributed by atoms with Crippen LogP contribution < -0.4 is 10.6 Å². The molecule has 0 radical (unpaired) electrons. The highest BCUT2D eigenvalue weighted by molar-refractivity contribution is 6.42. The topological polar surface area (TPSA) is 90.7 Å². The van der Waals surface area contributed by atoms with E-state index in [1.54, 1.807) is 54.6 Å². The number of amides is 1. The van der Waals surface area contributed by atoms with Crippen LogP contribution in [0.3, 0.4) is 0 Å². The van der Waals surface area contributed by atoms with Crippen molar-refractivity contribution in [1.82, 2.24) is 10.2 Å². The first kappa shape index (κ1) is 17.7. The Balaban J connectivity index is 1.67. The lowest BCUT2D eigenvalue weighted by Crippen LogP contribution is -2.14. The molecule has 26 heavy (non-hydrogen) atoms. The minimum Gasteiger partial charge on any atom is -0.339 e. The Kier molecular flexibility index (Phi) is 5.32. The Morgan fingerprint density at radius 1 is 0.923 bits per heavy atom. The molecule has 0 spiro atoms. The molecule has 0 aliphatic heterocycles.